The van der Waals surface area contributed by atoms with Crippen molar-refractivity contribution >= 4 is 35.0 Å². The fourth-order valence-electron chi connectivity index (χ4n) is 2.21. The Kier molecular flexibility index (Phi) is 7.88. The molecule has 0 atom stereocenters. The number of ether oxygens (including phenoxy) is 3. The number of esters is 1. The molecule has 0 aliphatic heterocycles. The van der Waals surface area contributed by atoms with E-state index in [4.69, 9.17) is 14.2 Å². The summed E-state index contributed by atoms with van der Waals surface area (Å²) >= 11 is 1.53. The SMILES string of the molecule is CCOc1ccc(NC(=O)COC(=O)/C=C/c2sccc2C)cc1OCC. The summed E-state index contributed by atoms with van der Waals surface area (Å²) in [6.45, 7) is 6.33. The second-order valence-corrected chi connectivity index (χ2v) is 6.43. The van der Waals surface area contributed by atoms with Crippen LogP contribution in [0.15, 0.2) is 35.7 Å². The van der Waals surface area contributed by atoms with Gasteiger partial charge in [-0.05, 0) is 56.0 Å². The summed E-state index contributed by atoms with van der Waals surface area (Å²) in [5.41, 5.74) is 1.62. The second-order valence-electron chi connectivity index (χ2n) is 5.48. The van der Waals surface area contributed by atoms with E-state index >= 15 is 0 Å². The lowest BCUT2D eigenvalue weighted by Crippen LogP contribution is -2.20. The summed E-state index contributed by atoms with van der Waals surface area (Å²) in [6, 6.07) is 7.07. The van der Waals surface area contributed by atoms with Gasteiger partial charge in [0.25, 0.3) is 5.91 Å². The molecule has 0 spiro atoms. The molecule has 1 aromatic heterocycles. The van der Waals surface area contributed by atoms with Gasteiger partial charge in [0.1, 0.15) is 0 Å². The van der Waals surface area contributed by atoms with E-state index in [9.17, 15) is 9.59 Å². The van der Waals surface area contributed by atoms with Crippen LogP contribution in [0.4, 0.5) is 5.69 Å². The third-order valence-corrected chi connectivity index (χ3v) is 4.43. The number of hydrogen-bond donors (Lipinski definition) is 1. The summed E-state index contributed by atoms with van der Waals surface area (Å²) in [5.74, 6) is 0.150. The molecule has 0 fully saturated rings. The van der Waals surface area contributed by atoms with E-state index < -0.39 is 11.9 Å². The minimum absolute atomic E-state index is 0.371. The molecule has 1 N–H and O–H groups in total. The molecule has 0 saturated heterocycles. The van der Waals surface area contributed by atoms with E-state index in [-0.39, 0.29) is 6.61 Å². The Labute approximate surface area is 162 Å². The van der Waals surface area contributed by atoms with Crippen LogP contribution in [-0.2, 0) is 14.3 Å². The molecule has 0 unspecified atom stereocenters. The average molecular weight is 389 g/mol. The van der Waals surface area contributed by atoms with Gasteiger partial charge in [0.15, 0.2) is 18.1 Å². The van der Waals surface area contributed by atoms with Crippen molar-refractivity contribution < 1.29 is 23.8 Å². The standard InChI is InChI=1S/C20H23NO5S/c1-4-24-16-7-6-15(12-17(16)25-5-2)21-19(22)13-26-20(23)9-8-18-14(3)10-11-27-18/h6-12H,4-5,13H2,1-3H3,(H,21,22)/b9-8+. The molecular formula is C20H23NO5S. The van der Waals surface area contributed by atoms with E-state index in [1.165, 1.54) is 17.4 Å². The van der Waals surface area contributed by atoms with Crippen LogP contribution >= 0.6 is 11.3 Å². The number of nitrogens with one attached hydrogen (secondary N) is 1. The molecule has 0 saturated carbocycles. The summed E-state index contributed by atoms with van der Waals surface area (Å²) in [4.78, 5) is 24.7. The summed E-state index contributed by atoms with van der Waals surface area (Å²) in [7, 11) is 0. The topological polar surface area (TPSA) is 73.9 Å². The third kappa shape index (κ3) is 6.45. The van der Waals surface area contributed by atoms with Crippen molar-refractivity contribution in [3.8, 4) is 11.5 Å². The van der Waals surface area contributed by atoms with Crippen molar-refractivity contribution in [1.29, 1.82) is 0 Å². The molecule has 6 nitrogen and oxygen atoms in total. The van der Waals surface area contributed by atoms with Crippen molar-refractivity contribution in [2.75, 3.05) is 25.1 Å². The van der Waals surface area contributed by atoms with Crippen LogP contribution in [0.1, 0.15) is 24.3 Å². The molecule has 27 heavy (non-hydrogen) atoms. The Bertz CT molecular complexity index is 812. The number of carbonyl (C=O) groups excluding carboxylic acids is 2. The Morgan fingerprint density at radius 1 is 1.11 bits per heavy atom. The largest absolute Gasteiger partial charge is 0.490 e. The molecule has 0 aliphatic rings. The zero-order chi connectivity index (χ0) is 19.6. The molecule has 0 bridgehead atoms. The van der Waals surface area contributed by atoms with Crippen molar-refractivity contribution in [2.24, 2.45) is 0 Å². The first kappa shape index (κ1) is 20.5. The maximum absolute atomic E-state index is 12.0. The molecule has 1 amide bonds. The highest BCUT2D eigenvalue weighted by molar-refractivity contribution is 7.11. The molecule has 144 valence electrons. The quantitative estimate of drug-likeness (QED) is 0.517. The number of benzene rings is 1. The second kappa shape index (κ2) is 10.4. The maximum atomic E-state index is 12.0. The van der Waals surface area contributed by atoms with Crippen LogP contribution in [-0.4, -0.2) is 31.7 Å². The monoisotopic (exact) mass is 389 g/mol. The molecule has 1 aromatic carbocycles. The van der Waals surface area contributed by atoms with E-state index in [1.54, 1.807) is 24.3 Å². The first-order valence-electron chi connectivity index (χ1n) is 8.61. The number of thiophene rings is 1. The Balaban J connectivity index is 1.87. The van der Waals surface area contributed by atoms with E-state index in [2.05, 4.69) is 5.32 Å². The molecular weight excluding hydrogens is 366 g/mol. The lowest BCUT2D eigenvalue weighted by atomic mass is 10.2. The highest BCUT2D eigenvalue weighted by atomic mass is 32.1. The predicted molar refractivity (Wildman–Crippen MR) is 106 cm³/mol. The minimum atomic E-state index is -0.570. The van der Waals surface area contributed by atoms with Crippen molar-refractivity contribution in [3.05, 3.63) is 46.2 Å². The van der Waals surface area contributed by atoms with Gasteiger partial charge in [0.05, 0.1) is 13.2 Å². The van der Waals surface area contributed by atoms with Gasteiger partial charge in [0.2, 0.25) is 0 Å². The van der Waals surface area contributed by atoms with Gasteiger partial charge in [-0.2, -0.15) is 0 Å². The summed E-state index contributed by atoms with van der Waals surface area (Å²) in [6.07, 6.45) is 3.00. The van der Waals surface area contributed by atoms with Crippen molar-refractivity contribution in [1.82, 2.24) is 0 Å². The van der Waals surface area contributed by atoms with Crippen LogP contribution in [0.25, 0.3) is 6.08 Å². The molecule has 2 aromatic rings. The molecule has 2 rings (SSSR count). The molecule has 0 radical (unpaired) electrons. The number of carbonyl (C=O) groups is 2. The van der Waals surface area contributed by atoms with Gasteiger partial charge >= 0.3 is 5.97 Å². The van der Waals surface area contributed by atoms with Gasteiger partial charge < -0.3 is 19.5 Å². The zero-order valence-corrected chi connectivity index (χ0v) is 16.4. The molecule has 0 aliphatic carbocycles. The average Bonchev–Trinajstić information content (AvgIpc) is 3.06. The number of amides is 1. The number of anilines is 1. The lowest BCUT2D eigenvalue weighted by Gasteiger charge is -2.13. The van der Waals surface area contributed by atoms with Gasteiger partial charge in [-0.15, -0.1) is 11.3 Å². The minimum Gasteiger partial charge on any atom is -0.490 e. The fourth-order valence-corrected chi connectivity index (χ4v) is 3.03. The Morgan fingerprint density at radius 2 is 1.85 bits per heavy atom. The summed E-state index contributed by atoms with van der Waals surface area (Å²) < 4.78 is 16.0. The van der Waals surface area contributed by atoms with Crippen LogP contribution in [0.3, 0.4) is 0 Å². The van der Waals surface area contributed by atoms with Crippen LogP contribution in [0.2, 0.25) is 0 Å². The molecule has 1 heterocycles. The highest BCUT2D eigenvalue weighted by Gasteiger charge is 2.10. The summed E-state index contributed by atoms with van der Waals surface area (Å²) in [5, 5.41) is 4.62. The molecule has 7 heteroatoms. The number of rotatable bonds is 9. The Morgan fingerprint density at radius 3 is 2.52 bits per heavy atom. The Hall–Kier alpha value is -2.80. The maximum Gasteiger partial charge on any atom is 0.331 e. The predicted octanol–water partition coefficient (Wildman–Crippen LogP) is 4.05. The van der Waals surface area contributed by atoms with Gasteiger partial charge in [-0.1, -0.05) is 0 Å². The van der Waals surface area contributed by atoms with E-state index in [0.29, 0.717) is 30.4 Å². The smallest absolute Gasteiger partial charge is 0.331 e. The first-order chi connectivity index (χ1) is 13.0. The normalized spacial score (nSPS) is 10.6. The van der Waals surface area contributed by atoms with E-state index in [0.717, 1.165) is 10.4 Å². The number of hydrogen-bond acceptors (Lipinski definition) is 6. The van der Waals surface area contributed by atoms with Crippen molar-refractivity contribution in [3.63, 3.8) is 0 Å². The van der Waals surface area contributed by atoms with Crippen LogP contribution in [0.5, 0.6) is 11.5 Å². The lowest BCUT2D eigenvalue weighted by molar-refractivity contribution is -0.142. The first-order valence-corrected chi connectivity index (χ1v) is 9.49. The number of aryl methyl sites for hydroxylation is 1. The van der Waals surface area contributed by atoms with Crippen LogP contribution in [0, 0.1) is 6.92 Å². The van der Waals surface area contributed by atoms with Crippen molar-refractivity contribution in [2.45, 2.75) is 20.8 Å². The van der Waals surface area contributed by atoms with Gasteiger partial charge in [-0.3, -0.25) is 4.79 Å². The fraction of sp³-hybridized carbons (Fsp3) is 0.300. The van der Waals surface area contributed by atoms with Crippen LogP contribution < -0.4 is 14.8 Å². The third-order valence-electron chi connectivity index (χ3n) is 3.45. The van der Waals surface area contributed by atoms with Gasteiger partial charge in [-0.25, -0.2) is 4.79 Å². The van der Waals surface area contributed by atoms with Gasteiger partial charge in [0, 0.05) is 22.7 Å². The van der Waals surface area contributed by atoms with E-state index in [1.807, 2.05) is 32.2 Å². The zero-order valence-electron chi connectivity index (χ0n) is 15.6. The highest BCUT2D eigenvalue weighted by Crippen LogP contribution is 2.30.